The van der Waals surface area contributed by atoms with Crippen molar-refractivity contribution in [2.45, 2.75) is 115 Å². The van der Waals surface area contributed by atoms with Gasteiger partial charge in [-0.3, -0.25) is 52.7 Å². The lowest BCUT2D eigenvalue weighted by molar-refractivity contribution is -0.144. The molecule has 21 nitrogen and oxygen atoms in total. The highest BCUT2D eigenvalue weighted by Gasteiger charge is 2.40. The molecule has 0 aromatic heterocycles. The monoisotopic (exact) mass is 801 g/mol. The summed E-state index contributed by atoms with van der Waals surface area (Å²) in [6.07, 6.45) is -0.929. The SMILES string of the molecule is CCCC(NC(=O)C1CCCN1C(=O)C(CS)NC(=O)C(NC(=O)C(CCC(=O)O)NC(=O)C(CCC(=O)O)NC(C)=O)C(C)C)C(=O)C(=O)NCC(=O)O. The summed E-state index contributed by atoms with van der Waals surface area (Å²) in [5, 5.41) is 41.0. The van der Waals surface area contributed by atoms with E-state index in [1.807, 2.05) is 5.32 Å². The number of carboxylic acids is 3. The van der Waals surface area contributed by atoms with Crippen LogP contribution in [-0.4, -0.2) is 140 Å². The fourth-order valence-corrected chi connectivity index (χ4v) is 5.80. The quantitative estimate of drug-likeness (QED) is 0.0351. The van der Waals surface area contributed by atoms with Gasteiger partial charge in [0.25, 0.3) is 5.91 Å². The van der Waals surface area contributed by atoms with E-state index in [0.717, 1.165) is 6.92 Å². The van der Waals surface area contributed by atoms with Crippen LogP contribution in [0.25, 0.3) is 0 Å². The van der Waals surface area contributed by atoms with Gasteiger partial charge < -0.3 is 52.1 Å². The number of hydrogen-bond acceptors (Lipinski definition) is 12. The topological polar surface area (TPSA) is 324 Å². The number of aliphatic carboxylic acids is 3. The van der Waals surface area contributed by atoms with Crippen LogP contribution in [0.2, 0.25) is 0 Å². The van der Waals surface area contributed by atoms with Crippen molar-refractivity contribution in [1.29, 1.82) is 0 Å². The highest BCUT2D eigenvalue weighted by molar-refractivity contribution is 7.80. The summed E-state index contributed by atoms with van der Waals surface area (Å²) < 4.78 is 0. The molecule has 1 aliphatic heterocycles. The van der Waals surface area contributed by atoms with Gasteiger partial charge in [0.15, 0.2) is 0 Å². The van der Waals surface area contributed by atoms with Gasteiger partial charge in [-0.15, -0.1) is 0 Å². The summed E-state index contributed by atoms with van der Waals surface area (Å²) >= 11 is 4.20. The van der Waals surface area contributed by atoms with Crippen LogP contribution in [-0.2, 0) is 52.7 Å². The maximum Gasteiger partial charge on any atom is 0.322 e. The number of carbonyl (C=O) groups is 11. The normalized spacial score (nSPS) is 16.3. The largest absolute Gasteiger partial charge is 0.481 e. The zero-order valence-corrected chi connectivity index (χ0v) is 31.9. The standard InChI is InChI=1S/C33H51N7O14S/c1-5-7-18(27(48)32(53)34-14-25(46)47)36-30(51)22-8-6-13-40(22)33(54)21(15-55)38-31(52)26(16(2)3)39-29(50)20(10-12-24(44)45)37-28(49)19(35-17(4)41)9-11-23(42)43/h16,18-22,26,55H,5-15H2,1-4H3,(H,34,53)(H,35,41)(H,36,51)(H,37,49)(H,38,52)(H,39,50)(H,42,43)(H,44,45)(H,46,47). The van der Waals surface area contributed by atoms with E-state index in [0.29, 0.717) is 12.8 Å². The molecule has 1 aliphatic rings. The first kappa shape index (κ1) is 47.7. The fraction of sp³-hybridized carbons (Fsp3) is 0.667. The molecular weight excluding hydrogens is 750 g/mol. The Morgan fingerprint density at radius 1 is 0.709 bits per heavy atom. The minimum absolute atomic E-state index is 0.0464. The summed E-state index contributed by atoms with van der Waals surface area (Å²) in [7, 11) is 0. The van der Waals surface area contributed by atoms with Gasteiger partial charge in [-0.2, -0.15) is 12.6 Å². The van der Waals surface area contributed by atoms with E-state index < -0.39 is 133 Å². The van der Waals surface area contributed by atoms with E-state index in [1.165, 1.54) is 4.90 Å². The van der Waals surface area contributed by atoms with Crippen molar-refractivity contribution in [1.82, 2.24) is 36.8 Å². The summed E-state index contributed by atoms with van der Waals surface area (Å²) in [5.41, 5.74) is 0. The second-order valence-corrected chi connectivity index (χ2v) is 13.5. The minimum atomic E-state index is -1.54. The molecule has 1 heterocycles. The minimum Gasteiger partial charge on any atom is -0.481 e. The third-order valence-corrected chi connectivity index (χ3v) is 8.70. The predicted molar refractivity (Wildman–Crippen MR) is 193 cm³/mol. The molecular formula is C33H51N7O14S. The number of carbonyl (C=O) groups excluding carboxylic acids is 8. The second-order valence-electron chi connectivity index (χ2n) is 13.1. The maximum atomic E-state index is 13.7. The van der Waals surface area contributed by atoms with Gasteiger partial charge in [-0.1, -0.05) is 27.2 Å². The average Bonchev–Trinajstić information content (AvgIpc) is 3.60. The van der Waals surface area contributed by atoms with Gasteiger partial charge in [-0.25, -0.2) is 0 Å². The van der Waals surface area contributed by atoms with Gasteiger partial charge in [0.2, 0.25) is 41.2 Å². The Hall–Kier alpha value is -5.28. The molecule has 6 atom stereocenters. The van der Waals surface area contributed by atoms with Crippen molar-refractivity contribution in [2.24, 2.45) is 5.92 Å². The Kier molecular flexibility index (Phi) is 20.4. The Bertz CT molecular complexity index is 1480. The van der Waals surface area contributed by atoms with Crippen LogP contribution < -0.4 is 31.9 Å². The lowest BCUT2D eigenvalue weighted by Crippen LogP contribution is -2.60. The average molecular weight is 802 g/mol. The van der Waals surface area contributed by atoms with Crippen LogP contribution in [0.15, 0.2) is 0 Å². The molecule has 0 aliphatic carbocycles. The summed E-state index contributed by atoms with van der Waals surface area (Å²) in [5.74, 6) is -12.1. The van der Waals surface area contributed by atoms with Crippen molar-refractivity contribution in [3.8, 4) is 0 Å². The van der Waals surface area contributed by atoms with E-state index in [-0.39, 0.29) is 31.6 Å². The number of hydrogen-bond donors (Lipinski definition) is 10. The number of thiol groups is 1. The Morgan fingerprint density at radius 3 is 1.75 bits per heavy atom. The molecule has 0 spiro atoms. The molecule has 1 saturated heterocycles. The molecule has 22 heteroatoms. The molecule has 9 N–H and O–H groups in total. The van der Waals surface area contributed by atoms with Crippen LogP contribution >= 0.6 is 12.6 Å². The zero-order valence-electron chi connectivity index (χ0n) is 31.0. The molecule has 1 fully saturated rings. The first-order chi connectivity index (χ1) is 25.7. The number of carboxylic acid groups (broad SMARTS) is 3. The molecule has 0 aromatic carbocycles. The molecule has 0 radical (unpaired) electrons. The first-order valence-corrected chi connectivity index (χ1v) is 18.2. The number of nitrogens with zero attached hydrogens (tertiary/aromatic N) is 1. The van der Waals surface area contributed by atoms with Crippen LogP contribution in [0.1, 0.15) is 79.1 Å². The van der Waals surface area contributed by atoms with Gasteiger partial charge in [0.05, 0.1) is 6.04 Å². The third kappa shape index (κ3) is 16.3. The molecule has 0 bridgehead atoms. The van der Waals surface area contributed by atoms with E-state index in [2.05, 4.69) is 39.2 Å². The number of rotatable bonds is 24. The Balaban J connectivity index is 3.15. The molecule has 6 unspecified atom stereocenters. The number of likely N-dealkylation sites (tertiary alicyclic amines) is 1. The molecule has 1 rings (SSSR count). The summed E-state index contributed by atoms with van der Waals surface area (Å²) in [6.45, 7) is 5.18. The lowest BCUT2D eigenvalue weighted by atomic mass is 10.0. The van der Waals surface area contributed by atoms with Crippen LogP contribution in [0.5, 0.6) is 0 Å². The summed E-state index contributed by atoms with van der Waals surface area (Å²) in [4.78, 5) is 138. The number of Topliss-reactive ketones (excluding diaryl/α,β-unsaturated/α-hetero) is 1. The Morgan fingerprint density at radius 2 is 1.25 bits per heavy atom. The molecule has 0 saturated carbocycles. The molecule has 55 heavy (non-hydrogen) atoms. The predicted octanol–water partition coefficient (Wildman–Crippen LogP) is -2.69. The van der Waals surface area contributed by atoms with Crippen LogP contribution in [0.4, 0.5) is 0 Å². The van der Waals surface area contributed by atoms with Crippen LogP contribution in [0, 0.1) is 5.92 Å². The second kappa shape index (κ2) is 23.5. The van der Waals surface area contributed by atoms with Gasteiger partial charge >= 0.3 is 17.9 Å². The van der Waals surface area contributed by atoms with Crippen molar-refractivity contribution in [2.75, 3.05) is 18.8 Å². The summed E-state index contributed by atoms with van der Waals surface area (Å²) in [6, 6.07) is -8.00. The number of nitrogens with one attached hydrogen (secondary N) is 6. The maximum absolute atomic E-state index is 13.7. The van der Waals surface area contributed by atoms with E-state index in [9.17, 15) is 57.8 Å². The molecule has 308 valence electrons. The van der Waals surface area contributed by atoms with Gasteiger partial charge in [-0.05, 0) is 38.0 Å². The lowest BCUT2D eigenvalue weighted by Gasteiger charge is -2.31. The van der Waals surface area contributed by atoms with E-state index in [1.54, 1.807) is 20.8 Å². The van der Waals surface area contributed by atoms with Crippen molar-refractivity contribution in [3.63, 3.8) is 0 Å². The van der Waals surface area contributed by atoms with Crippen LogP contribution in [0.3, 0.4) is 0 Å². The first-order valence-electron chi connectivity index (χ1n) is 17.6. The highest BCUT2D eigenvalue weighted by atomic mass is 32.1. The number of ketones is 1. The number of amides is 7. The highest BCUT2D eigenvalue weighted by Crippen LogP contribution is 2.20. The zero-order chi connectivity index (χ0) is 42.0. The smallest absolute Gasteiger partial charge is 0.322 e. The third-order valence-electron chi connectivity index (χ3n) is 8.34. The van der Waals surface area contributed by atoms with Crippen molar-refractivity contribution < 1.29 is 68.1 Å². The van der Waals surface area contributed by atoms with Crippen molar-refractivity contribution >= 4 is 77.7 Å². The fourth-order valence-electron chi connectivity index (χ4n) is 5.56. The van der Waals surface area contributed by atoms with Gasteiger partial charge in [0.1, 0.15) is 36.8 Å². The molecule has 7 amide bonds. The Labute approximate surface area is 322 Å². The van der Waals surface area contributed by atoms with Crippen molar-refractivity contribution in [3.05, 3.63) is 0 Å². The molecule has 0 aromatic rings. The van der Waals surface area contributed by atoms with E-state index in [4.69, 9.17) is 10.2 Å². The van der Waals surface area contributed by atoms with Gasteiger partial charge in [0, 0.05) is 32.1 Å². The van der Waals surface area contributed by atoms with E-state index >= 15 is 0 Å².